The van der Waals surface area contributed by atoms with Crippen molar-refractivity contribution in [3.05, 3.63) is 12.2 Å². The summed E-state index contributed by atoms with van der Waals surface area (Å²) in [6, 6.07) is -8.63. The van der Waals surface area contributed by atoms with Crippen molar-refractivity contribution in [2.24, 2.45) is 47.2 Å². The summed E-state index contributed by atoms with van der Waals surface area (Å²) in [4.78, 5) is 132. The first-order valence-electron chi connectivity index (χ1n) is 26.3. The molecule has 0 spiro atoms. The molecule has 0 aliphatic heterocycles. The molecule has 0 heterocycles. The number of Topliss-reactive ketones (excluding diaryl/α,β-unsaturated/α-hetero) is 1. The highest BCUT2D eigenvalue weighted by Gasteiger charge is 2.45. The van der Waals surface area contributed by atoms with Gasteiger partial charge in [-0.25, -0.2) is 4.79 Å². The van der Waals surface area contributed by atoms with E-state index < -0.39 is 114 Å². The fraction of sp³-hybridized carbons (Fsp3) is 0.796. The molecule has 7 amide bonds. The number of amides is 7. The minimum absolute atomic E-state index is 0.0588. The van der Waals surface area contributed by atoms with Crippen LogP contribution in [0.3, 0.4) is 0 Å². The summed E-state index contributed by atoms with van der Waals surface area (Å²) >= 11 is 0. The van der Waals surface area contributed by atoms with E-state index in [9.17, 15) is 48.3 Å². The summed E-state index contributed by atoms with van der Waals surface area (Å²) in [7, 11) is 8.52. The van der Waals surface area contributed by atoms with Gasteiger partial charge in [0.2, 0.25) is 41.4 Å². The minimum Gasteiger partial charge on any atom is -0.467 e. The second-order valence-corrected chi connectivity index (χ2v) is 22.2. The van der Waals surface area contributed by atoms with Gasteiger partial charge < -0.3 is 50.7 Å². The highest BCUT2D eigenvalue weighted by molar-refractivity contribution is 5.98. The first-order valence-corrected chi connectivity index (χ1v) is 26.3. The monoisotopic (exact) mass is 1030 g/mol. The summed E-state index contributed by atoms with van der Waals surface area (Å²) in [5, 5.41) is 17.0. The van der Waals surface area contributed by atoms with Crippen LogP contribution in [0.25, 0.3) is 0 Å². The van der Waals surface area contributed by atoms with Crippen LogP contribution in [0.4, 0.5) is 0 Å². The number of nitrogens with one attached hydrogen (secondary N) is 2. The average Bonchev–Trinajstić information content (AvgIpc) is 3.32. The third-order valence-corrected chi connectivity index (χ3v) is 13.7. The van der Waals surface area contributed by atoms with Crippen LogP contribution in [0.5, 0.6) is 0 Å². The van der Waals surface area contributed by atoms with Gasteiger partial charge in [-0.1, -0.05) is 102 Å². The molecule has 19 nitrogen and oxygen atoms in total. The fourth-order valence-corrected chi connectivity index (χ4v) is 8.87. The summed E-state index contributed by atoms with van der Waals surface area (Å²) in [6.45, 7) is 26.8. The van der Waals surface area contributed by atoms with Gasteiger partial charge in [-0.15, -0.1) is 0 Å². The van der Waals surface area contributed by atoms with E-state index in [0.29, 0.717) is 12.8 Å². The van der Waals surface area contributed by atoms with Crippen molar-refractivity contribution in [2.75, 3.05) is 42.3 Å². The molecule has 73 heavy (non-hydrogen) atoms. The zero-order valence-corrected chi connectivity index (χ0v) is 48.5. The number of rotatable bonds is 31. The number of nitrogens with two attached hydrogens (primary N) is 1. The molecule has 0 aromatic carbocycles. The second kappa shape index (κ2) is 31.7. The lowest BCUT2D eigenvalue weighted by atomic mass is 9.91. The quantitative estimate of drug-likeness (QED) is 0.0568. The van der Waals surface area contributed by atoms with Crippen LogP contribution in [0.15, 0.2) is 12.2 Å². The van der Waals surface area contributed by atoms with Crippen LogP contribution in [-0.4, -0.2) is 179 Å². The first kappa shape index (κ1) is 68.1. The van der Waals surface area contributed by atoms with E-state index in [4.69, 9.17) is 10.5 Å². The van der Waals surface area contributed by atoms with Gasteiger partial charge in [-0.3, -0.25) is 38.4 Å². The number of carbonyl (C=O) groups excluding carboxylic acids is 9. The Kier molecular flexibility index (Phi) is 29.6. The molecule has 0 aromatic rings. The Balaban J connectivity index is 6.86. The van der Waals surface area contributed by atoms with Gasteiger partial charge in [0.25, 0.3) is 0 Å². The zero-order chi connectivity index (χ0) is 57.1. The van der Waals surface area contributed by atoms with E-state index in [-0.39, 0.29) is 61.0 Å². The number of likely N-dealkylation sites (N-methyl/N-ethyl adjacent to an activating group) is 5. The number of allylic oxidation sites excluding steroid dienone is 2. The molecule has 0 aliphatic rings. The molecule has 19 heteroatoms. The maximum atomic E-state index is 14.9. The summed E-state index contributed by atoms with van der Waals surface area (Å²) in [5.74, 6) is -7.30. The standard InChI is InChI=1S/C54H98N8O11/c1-22-24-25-35(13)46(64)45(48(66)57-38(23-2)54(72)73-21)62(20)53(71)44(34(11)12)61(19)51(69)41(28-32(7)8)60(18)50(68)40(27-31(5)6)59(17)49(67)37(15)56-47(65)36(14)29-42(63)39(26-30(3)4)58(16)52(70)43(55)33(9)10/h22,24,30-41,43-46,64H,23,25-29,55H2,1-21H3,(H,56,65)(H,57,66)/b24-22+/t35-,36-,37-,38+,39+,40+,41+,43+,44+,45+,46-/m1/s1. The number of methoxy groups -OCH3 is 1. The Hall–Kier alpha value is -4.91. The lowest BCUT2D eigenvalue weighted by molar-refractivity contribution is -0.157. The van der Waals surface area contributed by atoms with E-state index >= 15 is 0 Å². The van der Waals surface area contributed by atoms with Gasteiger partial charge in [-0.2, -0.15) is 0 Å². The van der Waals surface area contributed by atoms with Crippen LogP contribution in [-0.2, 0) is 47.9 Å². The third-order valence-electron chi connectivity index (χ3n) is 13.7. The number of ketones is 1. The van der Waals surface area contributed by atoms with Gasteiger partial charge in [0.15, 0.2) is 5.78 Å². The third kappa shape index (κ3) is 20.0. The number of hydrogen-bond donors (Lipinski definition) is 4. The summed E-state index contributed by atoms with van der Waals surface area (Å²) in [6.07, 6.45) is 3.36. The number of hydrogen-bond acceptors (Lipinski definition) is 12. The fourth-order valence-electron chi connectivity index (χ4n) is 8.87. The smallest absolute Gasteiger partial charge is 0.328 e. The summed E-state index contributed by atoms with van der Waals surface area (Å²) in [5.41, 5.74) is 6.15. The minimum atomic E-state index is -1.48. The molecule has 0 saturated heterocycles. The van der Waals surface area contributed by atoms with Crippen LogP contribution in [0, 0.1) is 41.4 Å². The lowest BCUT2D eigenvalue weighted by Crippen LogP contribution is -2.63. The second-order valence-electron chi connectivity index (χ2n) is 22.2. The highest BCUT2D eigenvalue weighted by Crippen LogP contribution is 2.25. The van der Waals surface area contributed by atoms with E-state index in [1.165, 1.54) is 61.8 Å². The molecule has 420 valence electrons. The molecule has 11 atom stereocenters. The van der Waals surface area contributed by atoms with Crippen molar-refractivity contribution in [3.8, 4) is 0 Å². The molecule has 0 aliphatic carbocycles. The van der Waals surface area contributed by atoms with Crippen molar-refractivity contribution < 1.29 is 53.0 Å². The molecule has 0 fully saturated rings. The molecule has 0 radical (unpaired) electrons. The van der Waals surface area contributed by atoms with Crippen LogP contribution in [0.1, 0.15) is 142 Å². The van der Waals surface area contributed by atoms with Crippen LogP contribution in [0.2, 0.25) is 0 Å². The Morgan fingerprint density at radius 3 is 1.44 bits per heavy atom. The van der Waals surface area contributed by atoms with E-state index in [2.05, 4.69) is 10.6 Å². The SMILES string of the molecule is C/C=C/C[C@@H](C)[C@@H](O)[C@@H](C(=O)N[C@@H](CC)C(=O)OC)N(C)C(=O)[C@H](C(C)C)N(C)C(=O)[C@H](CC(C)C)N(C)C(=O)[C@H](CC(C)C)N(C)C(=O)[C@@H](C)NC(=O)[C@H](C)CC(=O)[C@H](CC(C)C)N(C)C(=O)[C@@H](N)C(C)C. The molecule has 0 unspecified atom stereocenters. The number of carbonyl (C=O) groups is 9. The highest BCUT2D eigenvalue weighted by atomic mass is 16.5. The Morgan fingerprint density at radius 2 is 1.01 bits per heavy atom. The molecule has 0 saturated carbocycles. The molecular weight excluding hydrogens is 937 g/mol. The largest absolute Gasteiger partial charge is 0.467 e. The van der Waals surface area contributed by atoms with E-state index in [1.54, 1.807) is 47.7 Å². The van der Waals surface area contributed by atoms with Gasteiger partial charge in [0.05, 0.1) is 25.3 Å². The molecular formula is C54H98N8O11. The maximum absolute atomic E-state index is 14.9. The predicted octanol–water partition coefficient (Wildman–Crippen LogP) is 4.03. The van der Waals surface area contributed by atoms with Crippen molar-refractivity contribution in [1.82, 2.24) is 35.1 Å². The molecule has 0 aromatic heterocycles. The lowest BCUT2D eigenvalue weighted by Gasteiger charge is -2.41. The average molecular weight is 1040 g/mol. The van der Waals surface area contributed by atoms with E-state index in [0.717, 1.165) is 4.90 Å². The van der Waals surface area contributed by atoms with Gasteiger partial charge in [0, 0.05) is 47.6 Å². The van der Waals surface area contributed by atoms with Gasteiger partial charge in [-0.05, 0) is 81.5 Å². The van der Waals surface area contributed by atoms with Crippen molar-refractivity contribution in [1.29, 1.82) is 0 Å². The molecule has 5 N–H and O–H groups in total. The normalized spacial score (nSPS) is 16.4. The number of ether oxygens (including phenoxy) is 1. The molecule has 0 rings (SSSR count). The van der Waals surface area contributed by atoms with Crippen LogP contribution < -0.4 is 16.4 Å². The first-order chi connectivity index (χ1) is 33.7. The number of aliphatic hydroxyl groups is 1. The van der Waals surface area contributed by atoms with E-state index in [1.807, 2.05) is 68.4 Å². The number of aliphatic hydroxyl groups excluding tert-OH is 1. The Morgan fingerprint density at radius 1 is 0.575 bits per heavy atom. The van der Waals surface area contributed by atoms with Gasteiger partial charge in [0.1, 0.15) is 36.3 Å². The van der Waals surface area contributed by atoms with Gasteiger partial charge >= 0.3 is 5.97 Å². The topological polar surface area (TPSA) is 249 Å². The Labute approximate surface area is 438 Å². The molecule has 0 bridgehead atoms. The predicted molar refractivity (Wildman–Crippen MR) is 284 cm³/mol. The maximum Gasteiger partial charge on any atom is 0.328 e. The summed E-state index contributed by atoms with van der Waals surface area (Å²) < 4.78 is 4.87. The zero-order valence-electron chi connectivity index (χ0n) is 48.5. The van der Waals surface area contributed by atoms with Crippen LogP contribution >= 0.6 is 0 Å². The number of nitrogens with zero attached hydrogens (tertiary/aromatic N) is 5. The van der Waals surface area contributed by atoms with Crippen molar-refractivity contribution in [2.45, 2.75) is 197 Å². The van der Waals surface area contributed by atoms with Crippen molar-refractivity contribution in [3.63, 3.8) is 0 Å². The van der Waals surface area contributed by atoms with Crippen molar-refractivity contribution >= 4 is 53.1 Å². The number of esters is 1. The Bertz CT molecular complexity index is 1870.